The second-order valence-corrected chi connectivity index (χ2v) is 5.03. The highest BCUT2D eigenvalue weighted by atomic mass is 16.1. The highest BCUT2D eigenvalue weighted by Crippen LogP contribution is 2.22. The van der Waals surface area contributed by atoms with Crippen molar-refractivity contribution in [3.8, 4) is 0 Å². The van der Waals surface area contributed by atoms with Crippen LogP contribution in [-0.4, -0.2) is 10.8 Å². The number of ketones is 1. The van der Waals surface area contributed by atoms with Crippen molar-refractivity contribution >= 4 is 16.7 Å². The molecule has 0 amide bonds. The Morgan fingerprint density at radius 2 is 2.10 bits per heavy atom. The standard InChI is InChI=1S/C17H20N2O/c1-5-12-8-15-13(7-10(12)3)9-16(19-15)17(20)14(6-2)11(4)18/h6-9,19H,2,5,18H2,1,3-4H3/b14-11-. The Hall–Kier alpha value is -2.29. The number of aromatic amines is 1. The molecule has 0 saturated heterocycles. The number of rotatable bonds is 4. The monoisotopic (exact) mass is 268 g/mol. The van der Waals surface area contributed by atoms with Gasteiger partial charge in [-0.3, -0.25) is 4.79 Å². The summed E-state index contributed by atoms with van der Waals surface area (Å²) < 4.78 is 0. The molecule has 104 valence electrons. The van der Waals surface area contributed by atoms with Gasteiger partial charge in [0.05, 0.1) is 5.69 Å². The Morgan fingerprint density at radius 1 is 1.40 bits per heavy atom. The molecule has 1 aromatic carbocycles. The summed E-state index contributed by atoms with van der Waals surface area (Å²) in [5.74, 6) is -0.119. The second kappa shape index (κ2) is 5.37. The van der Waals surface area contributed by atoms with Crippen molar-refractivity contribution in [3.63, 3.8) is 0 Å². The molecule has 3 N–H and O–H groups in total. The minimum atomic E-state index is -0.119. The minimum Gasteiger partial charge on any atom is -0.402 e. The van der Waals surface area contributed by atoms with Crippen molar-refractivity contribution in [2.75, 3.05) is 0 Å². The van der Waals surface area contributed by atoms with E-state index in [9.17, 15) is 4.79 Å². The van der Waals surface area contributed by atoms with Gasteiger partial charge in [0.15, 0.2) is 0 Å². The molecule has 0 unspecified atom stereocenters. The average Bonchev–Trinajstić information content (AvgIpc) is 2.80. The molecule has 2 rings (SSSR count). The van der Waals surface area contributed by atoms with E-state index in [-0.39, 0.29) is 5.78 Å². The van der Waals surface area contributed by atoms with Crippen molar-refractivity contribution in [1.82, 2.24) is 4.98 Å². The first-order chi connectivity index (χ1) is 9.47. The van der Waals surface area contributed by atoms with Crippen LogP contribution in [0.5, 0.6) is 0 Å². The van der Waals surface area contributed by atoms with Crippen molar-refractivity contribution in [3.05, 3.63) is 58.9 Å². The number of hydrogen-bond donors (Lipinski definition) is 2. The van der Waals surface area contributed by atoms with Gasteiger partial charge in [0, 0.05) is 22.2 Å². The molecule has 0 aliphatic carbocycles. The fraction of sp³-hybridized carbons (Fsp3) is 0.235. The number of carbonyl (C=O) groups is 1. The van der Waals surface area contributed by atoms with Gasteiger partial charge in [0.25, 0.3) is 0 Å². The van der Waals surface area contributed by atoms with Crippen LogP contribution in [0.2, 0.25) is 0 Å². The van der Waals surface area contributed by atoms with E-state index in [0.717, 1.165) is 17.3 Å². The fourth-order valence-corrected chi connectivity index (χ4v) is 2.42. The maximum atomic E-state index is 12.4. The lowest BCUT2D eigenvalue weighted by atomic mass is 10.0. The normalized spacial score (nSPS) is 12.3. The Balaban J connectivity index is 2.55. The molecule has 3 nitrogen and oxygen atoms in total. The van der Waals surface area contributed by atoms with Gasteiger partial charge < -0.3 is 10.7 Å². The zero-order valence-corrected chi connectivity index (χ0v) is 12.2. The number of nitrogens with two attached hydrogens (primary N) is 1. The molecular weight excluding hydrogens is 248 g/mol. The summed E-state index contributed by atoms with van der Waals surface area (Å²) in [7, 11) is 0. The molecule has 0 spiro atoms. The van der Waals surface area contributed by atoms with Crippen molar-refractivity contribution in [2.24, 2.45) is 5.73 Å². The van der Waals surface area contributed by atoms with Crippen LogP contribution in [0, 0.1) is 6.92 Å². The van der Waals surface area contributed by atoms with Gasteiger partial charge in [-0.1, -0.05) is 19.6 Å². The summed E-state index contributed by atoms with van der Waals surface area (Å²) in [4.78, 5) is 15.6. The number of carbonyl (C=O) groups excluding carboxylic acids is 1. The molecule has 1 aromatic heterocycles. The molecular formula is C17H20N2O. The molecule has 0 aliphatic rings. The number of allylic oxidation sites excluding steroid dienone is 3. The molecule has 0 aliphatic heterocycles. The maximum Gasteiger partial charge on any atom is 0.210 e. The van der Waals surface area contributed by atoms with Crippen LogP contribution in [-0.2, 0) is 6.42 Å². The van der Waals surface area contributed by atoms with Gasteiger partial charge in [-0.25, -0.2) is 0 Å². The third kappa shape index (κ3) is 2.39. The van der Waals surface area contributed by atoms with Crippen LogP contribution < -0.4 is 5.73 Å². The number of benzene rings is 1. The third-order valence-electron chi connectivity index (χ3n) is 3.58. The molecule has 3 heteroatoms. The van der Waals surface area contributed by atoms with Crippen molar-refractivity contribution in [1.29, 1.82) is 0 Å². The van der Waals surface area contributed by atoms with Crippen LogP contribution in [0.3, 0.4) is 0 Å². The number of H-pyrrole nitrogens is 1. The van der Waals surface area contributed by atoms with E-state index in [0.29, 0.717) is 17.0 Å². The van der Waals surface area contributed by atoms with Gasteiger partial charge in [0.1, 0.15) is 0 Å². The molecule has 0 radical (unpaired) electrons. The Bertz CT molecular complexity index is 716. The van der Waals surface area contributed by atoms with Crippen LogP contribution in [0.4, 0.5) is 0 Å². The van der Waals surface area contributed by atoms with E-state index in [4.69, 9.17) is 5.73 Å². The highest BCUT2D eigenvalue weighted by molar-refractivity contribution is 6.11. The van der Waals surface area contributed by atoms with Gasteiger partial charge in [-0.2, -0.15) is 0 Å². The van der Waals surface area contributed by atoms with Crippen LogP contribution in [0.15, 0.2) is 42.1 Å². The molecule has 0 fully saturated rings. The smallest absolute Gasteiger partial charge is 0.210 e. The molecule has 2 aromatic rings. The van der Waals surface area contributed by atoms with Crippen molar-refractivity contribution in [2.45, 2.75) is 27.2 Å². The largest absolute Gasteiger partial charge is 0.402 e. The van der Waals surface area contributed by atoms with Crippen LogP contribution in [0.25, 0.3) is 10.9 Å². The Morgan fingerprint density at radius 3 is 2.65 bits per heavy atom. The maximum absolute atomic E-state index is 12.4. The SMILES string of the molecule is C=C/C(C(=O)c1cc2cc(C)c(CC)cc2[nH]1)=C(\C)N. The molecule has 0 saturated carbocycles. The number of aromatic nitrogens is 1. The summed E-state index contributed by atoms with van der Waals surface area (Å²) in [6.45, 7) is 9.57. The molecule has 1 heterocycles. The summed E-state index contributed by atoms with van der Waals surface area (Å²) in [6, 6.07) is 6.08. The molecule has 0 bridgehead atoms. The quantitative estimate of drug-likeness (QED) is 0.505. The number of aryl methyl sites for hydroxylation is 2. The highest BCUT2D eigenvalue weighted by Gasteiger charge is 2.14. The topological polar surface area (TPSA) is 58.9 Å². The zero-order chi connectivity index (χ0) is 14.9. The lowest BCUT2D eigenvalue weighted by Gasteiger charge is -2.02. The van der Waals surface area contributed by atoms with Gasteiger partial charge >= 0.3 is 0 Å². The van der Waals surface area contributed by atoms with Gasteiger partial charge in [-0.05, 0) is 49.6 Å². The van der Waals surface area contributed by atoms with E-state index < -0.39 is 0 Å². The van der Waals surface area contributed by atoms with E-state index in [1.54, 1.807) is 6.92 Å². The predicted octanol–water partition coefficient (Wildman–Crippen LogP) is 3.64. The van der Waals surface area contributed by atoms with Gasteiger partial charge in [-0.15, -0.1) is 0 Å². The van der Waals surface area contributed by atoms with Gasteiger partial charge in [0.2, 0.25) is 5.78 Å². The lowest BCUT2D eigenvalue weighted by molar-refractivity contribution is 0.103. The Kier molecular flexibility index (Phi) is 3.79. The Labute approximate surface area is 119 Å². The van der Waals surface area contributed by atoms with E-state index in [1.165, 1.54) is 17.2 Å². The average molecular weight is 268 g/mol. The zero-order valence-electron chi connectivity index (χ0n) is 12.2. The third-order valence-corrected chi connectivity index (χ3v) is 3.58. The van der Waals surface area contributed by atoms with E-state index >= 15 is 0 Å². The number of Topliss-reactive ketones (excluding diaryl/α,β-unsaturated/α-hetero) is 1. The lowest BCUT2D eigenvalue weighted by Crippen LogP contribution is -2.08. The van der Waals surface area contributed by atoms with Crippen molar-refractivity contribution < 1.29 is 4.79 Å². The summed E-state index contributed by atoms with van der Waals surface area (Å²) in [6.07, 6.45) is 2.48. The number of nitrogens with one attached hydrogen (secondary N) is 1. The molecule has 0 atom stereocenters. The van der Waals surface area contributed by atoms with Crippen LogP contribution in [0.1, 0.15) is 35.5 Å². The van der Waals surface area contributed by atoms with E-state index in [1.807, 2.05) is 6.07 Å². The first-order valence-corrected chi connectivity index (χ1v) is 6.73. The second-order valence-electron chi connectivity index (χ2n) is 5.03. The minimum absolute atomic E-state index is 0.119. The summed E-state index contributed by atoms with van der Waals surface area (Å²) in [5, 5.41) is 1.04. The number of fused-ring (bicyclic) bond motifs is 1. The molecule has 20 heavy (non-hydrogen) atoms. The number of hydrogen-bond acceptors (Lipinski definition) is 2. The first kappa shape index (κ1) is 14.1. The van der Waals surface area contributed by atoms with E-state index in [2.05, 4.69) is 37.5 Å². The predicted molar refractivity (Wildman–Crippen MR) is 83.8 cm³/mol. The van der Waals surface area contributed by atoms with Crippen LogP contribution >= 0.6 is 0 Å². The summed E-state index contributed by atoms with van der Waals surface area (Å²) >= 11 is 0. The fourth-order valence-electron chi connectivity index (χ4n) is 2.42. The summed E-state index contributed by atoms with van der Waals surface area (Å²) in [5.41, 5.74) is 10.7. The first-order valence-electron chi connectivity index (χ1n) is 6.73.